The molecule has 122 valence electrons. The molecule has 0 atom stereocenters. The van der Waals surface area contributed by atoms with Crippen molar-refractivity contribution in [2.75, 3.05) is 13.1 Å². The van der Waals surface area contributed by atoms with E-state index in [2.05, 4.69) is 4.98 Å². The van der Waals surface area contributed by atoms with Gasteiger partial charge in [-0.3, -0.25) is 24.3 Å². The highest BCUT2D eigenvalue weighted by molar-refractivity contribution is 6.21. The van der Waals surface area contributed by atoms with Gasteiger partial charge >= 0.3 is 0 Å². The van der Waals surface area contributed by atoms with E-state index < -0.39 is 11.8 Å². The molecule has 2 heterocycles. The Labute approximate surface area is 139 Å². The number of fused-ring (bicyclic) bond motifs is 1. The number of hydrogen-bond donors (Lipinski definition) is 0. The van der Waals surface area contributed by atoms with Crippen molar-refractivity contribution >= 4 is 17.7 Å². The second-order valence-corrected chi connectivity index (χ2v) is 5.49. The standard InChI is InChI=1S/C18H17N3O3/c1-2-20(11-13-7-4-3-5-8-13)15(22)12-21-17(23)14-9-6-10-19-16(14)18(21)24/h3-10H,2,11-12H2,1H3. The first-order chi connectivity index (χ1) is 11.6. The molecule has 6 nitrogen and oxygen atoms in total. The zero-order valence-electron chi connectivity index (χ0n) is 13.3. The Morgan fingerprint density at radius 3 is 2.50 bits per heavy atom. The summed E-state index contributed by atoms with van der Waals surface area (Å²) in [5, 5.41) is 0. The normalized spacial score (nSPS) is 13.1. The lowest BCUT2D eigenvalue weighted by Crippen LogP contribution is -2.42. The number of amides is 3. The fourth-order valence-electron chi connectivity index (χ4n) is 2.67. The van der Waals surface area contributed by atoms with Gasteiger partial charge in [0, 0.05) is 19.3 Å². The summed E-state index contributed by atoms with van der Waals surface area (Å²) in [6.45, 7) is 2.53. The summed E-state index contributed by atoms with van der Waals surface area (Å²) in [4.78, 5) is 43.7. The Hall–Kier alpha value is -3.02. The van der Waals surface area contributed by atoms with Gasteiger partial charge in [0.15, 0.2) is 0 Å². The number of carbonyl (C=O) groups excluding carboxylic acids is 3. The number of pyridine rings is 1. The van der Waals surface area contributed by atoms with Gasteiger partial charge in [-0.15, -0.1) is 0 Å². The number of likely N-dealkylation sites (N-methyl/N-ethyl adjacent to an activating group) is 1. The number of imide groups is 1. The lowest BCUT2D eigenvalue weighted by molar-refractivity contribution is -0.131. The number of hydrogen-bond acceptors (Lipinski definition) is 4. The molecule has 1 aromatic heterocycles. The van der Waals surface area contributed by atoms with Crippen LogP contribution in [-0.2, 0) is 11.3 Å². The highest BCUT2D eigenvalue weighted by atomic mass is 16.2. The average molecular weight is 323 g/mol. The van der Waals surface area contributed by atoms with Crippen LogP contribution in [-0.4, -0.2) is 45.6 Å². The summed E-state index contributed by atoms with van der Waals surface area (Å²) in [7, 11) is 0. The van der Waals surface area contributed by atoms with Gasteiger partial charge in [0.05, 0.1) is 5.56 Å². The molecule has 3 amide bonds. The first-order valence-corrected chi connectivity index (χ1v) is 7.74. The summed E-state index contributed by atoms with van der Waals surface area (Å²) in [6, 6.07) is 12.7. The third kappa shape index (κ3) is 2.90. The van der Waals surface area contributed by atoms with Crippen molar-refractivity contribution in [1.82, 2.24) is 14.8 Å². The monoisotopic (exact) mass is 323 g/mol. The van der Waals surface area contributed by atoms with E-state index in [0.29, 0.717) is 13.1 Å². The zero-order valence-corrected chi connectivity index (χ0v) is 13.3. The van der Waals surface area contributed by atoms with Crippen LogP contribution in [0.2, 0.25) is 0 Å². The minimum Gasteiger partial charge on any atom is -0.337 e. The number of nitrogens with zero attached hydrogens (tertiary/aromatic N) is 3. The quantitative estimate of drug-likeness (QED) is 0.786. The molecule has 0 saturated heterocycles. The lowest BCUT2D eigenvalue weighted by atomic mass is 10.2. The Bertz CT molecular complexity index is 754. The Balaban J connectivity index is 1.72. The molecule has 0 N–H and O–H groups in total. The fourth-order valence-corrected chi connectivity index (χ4v) is 2.67. The maximum Gasteiger partial charge on any atom is 0.280 e. The summed E-state index contributed by atoms with van der Waals surface area (Å²) in [6.07, 6.45) is 1.46. The molecule has 0 radical (unpaired) electrons. The Morgan fingerprint density at radius 2 is 1.83 bits per heavy atom. The fraction of sp³-hybridized carbons (Fsp3) is 0.222. The first-order valence-electron chi connectivity index (χ1n) is 7.74. The van der Waals surface area contributed by atoms with Crippen molar-refractivity contribution in [2.45, 2.75) is 13.5 Å². The summed E-state index contributed by atoms with van der Waals surface area (Å²) < 4.78 is 0. The summed E-state index contributed by atoms with van der Waals surface area (Å²) >= 11 is 0. The van der Waals surface area contributed by atoms with Gasteiger partial charge in [-0.25, -0.2) is 0 Å². The third-order valence-corrected chi connectivity index (χ3v) is 3.98. The predicted octanol–water partition coefficient (Wildman–Crippen LogP) is 1.73. The van der Waals surface area contributed by atoms with E-state index >= 15 is 0 Å². The van der Waals surface area contributed by atoms with Crippen LogP contribution in [0.5, 0.6) is 0 Å². The van der Waals surface area contributed by atoms with E-state index in [1.54, 1.807) is 17.0 Å². The molecule has 0 fully saturated rings. The minimum atomic E-state index is -0.514. The van der Waals surface area contributed by atoms with Gasteiger partial charge in [0.1, 0.15) is 12.2 Å². The van der Waals surface area contributed by atoms with Gasteiger partial charge in [-0.1, -0.05) is 30.3 Å². The zero-order chi connectivity index (χ0) is 17.1. The van der Waals surface area contributed by atoms with Crippen LogP contribution in [0.3, 0.4) is 0 Å². The van der Waals surface area contributed by atoms with Crippen molar-refractivity contribution in [1.29, 1.82) is 0 Å². The van der Waals surface area contributed by atoms with Crippen LogP contribution in [0.15, 0.2) is 48.7 Å². The van der Waals surface area contributed by atoms with Crippen LogP contribution < -0.4 is 0 Å². The van der Waals surface area contributed by atoms with Crippen LogP contribution in [0.1, 0.15) is 33.3 Å². The second kappa shape index (κ2) is 6.62. The SMILES string of the molecule is CCN(Cc1ccccc1)C(=O)CN1C(=O)c2cccnc2C1=O. The molecule has 0 saturated carbocycles. The maximum absolute atomic E-state index is 12.5. The number of carbonyl (C=O) groups is 3. The molecule has 0 unspecified atom stereocenters. The van der Waals surface area contributed by atoms with E-state index in [0.717, 1.165) is 10.5 Å². The molecule has 0 aliphatic carbocycles. The minimum absolute atomic E-state index is 0.112. The Morgan fingerprint density at radius 1 is 1.08 bits per heavy atom. The first kappa shape index (κ1) is 15.9. The van der Waals surface area contributed by atoms with Crippen molar-refractivity contribution in [3.8, 4) is 0 Å². The topological polar surface area (TPSA) is 70.6 Å². The van der Waals surface area contributed by atoms with Gasteiger partial charge in [0.2, 0.25) is 5.91 Å². The van der Waals surface area contributed by atoms with E-state index in [1.807, 2.05) is 37.3 Å². The molecule has 6 heteroatoms. The number of aromatic nitrogens is 1. The molecular formula is C18H17N3O3. The molecule has 24 heavy (non-hydrogen) atoms. The third-order valence-electron chi connectivity index (χ3n) is 3.98. The molecule has 1 aliphatic rings. The van der Waals surface area contributed by atoms with Crippen molar-refractivity contribution in [3.05, 3.63) is 65.5 Å². The number of rotatable bonds is 5. The van der Waals surface area contributed by atoms with Crippen molar-refractivity contribution in [2.24, 2.45) is 0 Å². The molecule has 1 aliphatic heterocycles. The molecule has 3 rings (SSSR count). The predicted molar refractivity (Wildman–Crippen MR) is 87.1 cm³/mol. The Kier molecular flexibility index (Phi) is 4.37. The van der Waals surface area contributed by atoms with Gasteiger partial charge in [-0.2, -0.15) is 0 Å². The molecule has 0 spiro atoms. The molecular weight excluding hydrogens is 306 g/mol. The van der Waals surface area contributed by atoms with Crippen molar-refractivity contribution < 1.29 is 14.4 Å². The average Bonchev–Trinajstić information content (AvgIpc) is 2.86. The van der Waals surface area contributed by atoms with Crippen LogP contribution in [0.4, 0.5) is 0 Å². The molecule has 2 aromatic rings. The largest absolute Gasteiger partial charge is 0.337 e. The maximum atomic E-state index is 12.5. The van der Waals surface area contributed by atoms with Crippen molar-refractivity contribution in [3.63, 3.8) is 0 Å². The second-order valence-electron chi connectivity index (χ2n) is 5.49. The van der Waals surface area contributed by atoms with Gasteiger partial charge < -0.3 is 4.90 Å². The highest BCUT2D eigenvalue weighted by Crippen LogP contribution is 2.20. The molecule has 1 aromatic carbocycles. The van der Waals surface area contributed by atoms with Gasteiger partial charge in [-0.05, 0) is 24.6 Å². The van der Waals surface area contributed by atoms with E-state index in [4.69, 9.17) is 0 Å². The smallest absolute Gasteiger partial charge is 0.280 e. The van der Waals surface area contributed by atoms with E-state index in [9.17, 15) is 14.4 Å². The van der Waals surface area contributed by atoms with Crippen LogP contribution >= 0.6 is 0 Å². The lowest BCUT2D eigenvalue weighted by Gasteiger charge is -2.23. The summed E-state index contributed by atoms with van der Waals surface area (Å²) in [5.74, 6) is -1.25. The number of benzene rings is 1. The van der Waals surface area contributed by atoms with Crippen LogP contribution in [0.25, 0.3) is 0 Å². The van der Waals surface area contributed by atoms with E-state index in [1.165, 1.54) is 6.20 Å². The molecule has 0 bridgehead atoms. The van der Waals surface area contributed by atoms with Crippen LogP contribution in [0, 0.1) is 0 Å². The van der Waals surface area contributed by atoms with Gasteiger partial charge in [0.25, 0.3) is 11.8 Å². The van der Waals surface area contributed by atoms with E-state index in [-0.39, 0.29) is 23.7 Å². The highest BCUT2D eigenvalue weighted by Gasteiger charge is 2.38. The summed E-state index contributed by atoms with van der Waals surface area (Å²) in [5.41, 5.74) is 1.36.